The molecule has 1 heterocycles. The Morgan fingerprint density at radius 2 is 1.83 bits per heavy atom. The minimum atomic E-state index is -0.266. The van der Waals surface area contributed by atoms with Gasteiger partial charge < -0.3 is 9.47 Å². The molecular formula is C17H22ClN3O2. The van der Waals surface area contributed by atoms with Gasteiger partial charge in [-0.15, -0.1) is 0 Å². The summed E-state index contributed by atoms with van der Waals surface area (Å²) in [6, 6.07) is 7.15. The van der Waals surface area contributed by atoms with Crippen molar-refractivity contribution in [3.63, 3.8) is 0 Å². The van der Waals surface area contributed by atoms with Crippen molar-refractivity contribution in [3.8, 4) is 5.75 Å². The maximum atomic E-state index is 6.06. The molecule has 0 aliphatic heterocycles. The predicted molar refractivity (Wildman–Crippen MR) is 91.0 cm³/mol. The first-order valence-corrected chi connectivity index (χ1v) is 7.85. The average molecular weight is 336 g/mol. The van der Waals surface area contributed by atoms with E-state index in [2.05, 4.69) is 30.9 Å². The van der Waals surface area contributed by atoms with E-state index in [1.165, 1.54) is 6.33 Å². The van der Waals surface area contributed by atoms with E-state index < -0.39 is 0 Å². The number of rotatable bonds is 5. The molecule has 5 nitrogen and oxygen atoms in total. The Morgan fingerprint density at radius 3 is 2.30 bits per heavy atom. The highest BCUT2D eigenvalue weighted by atomic mass is 35.5. The van der Waals surface area contributed by atoms with Gasteiger partial charge in [0.1, 0.15) is 18.4 Å². The topological polar surface area (TPSA) is 49.2 Å². The summed E-state index contributed by atoms with van der Waals surface area (Å²) in [4.78, 5) is 4.00. The molecule has 0 bridgehead atoms. The summed E-state index contributed by atoms with van der Waals surface area (Å²) < 4.78 is 13.7. The van der Waals surface area contributed by atoms with Gasteiger partial charge in [0.05, 0.1) is 6.10 Å². The van der Waals surface area contributed by atoms with Crippen molar-refractivity contribution in [1.29, 1.82) is 0 Å². The van der Waals surface area contributed by atoms with Crippen molar-refractivity contribution >= 4 is 17.5 Å². The smallest absolute Gasteiger partial charge is 0.261 e. The highest BCUT2D eigenvalue weighted by Gasteiger charge is 2.28. The van der Waals surface area contributed by atoms with Crippen LogP contribution >= 0.6 is 11.6 Å². The van der Waals surface area contributed by atoms with E-state index in [1.54, 1.807) is 35.3 Å². The van der Waals surface area contributed by atoms with Crippen LogP contribution in [0.1, 0.15) is 34.6 Å². The van der Waals surface area contributed by atoms with Crippen LogP contribution < -0.4 is 4.74 Å². The zero-order valence-corrected chi connectivity index (χ0v) is 14.8. The quantitative estimate of drug-likeness (QED) is 0.749. The summed E-state index contributed by atoms with van der Waals surface area (Å²) in [5.74, 6) is 1.84. The van der Waals surface area contributed by atoms with Crippen molar-refractivity contribution in [2.45, 2.75) is 40.7 Å². The minimum absolute atomic E-state index is 0.0107. The summed E-state index contributed by atoms with van der Waals surface area (Å²) in [7, 11) is 0. The molecule has 6 heteroatoms. The fraction of sp³-hybridized carbons (Fsp3) is 0.412. The molecule has 0 N–H and O–H groups in total. The van der Waals surface area contributed by atoms with E-state index >= 15 is 0 Å². The highest BCUT2D eigenvalue weighted by molar-refractivity contribution is 6.30. The Labute approximate surface area is 141 Å². The molecule has 0 saturated heterocycles. The van der Waals surface area contributed by atoms with Gasteiger partial charge in [0.25, 0.3) is 5.88 Å². The molecular weight excluding hydrogens is 314 g/mol. The highest BCUT2D eigenvalue weighted by Crippen LogP contribution is 2.33. The molecule has 0 amide bonds. The van der Waals surface area contributed by atoms with Crippen molar-refractivity contribution in [1.82, 2.24) is 14.8 Å². The first kappa shape index (κ1) is 17.3. The molecule has 0 unspecified atom stereocenters. The summed E-state index contributed by atoms with van der Waals surface area (Å²) in [6.45, 7) is 10.1. The zero-order valence-electron chi connectivity index (χ0n) is 14.1. The van der Waals surface area contributed by atoms with Gasteiger partial charge in [0.15, 0.2) is 5.76 Å². The Balaban J connectivity index is 2.51. The van der Waals surface area contributed by atoms with Gasteiger partial charge in [0.2, 0.25) is 0 Å². The first-order chi connectivity index (χ1) is 10.8. The van der Waals surface area contributed by atoms with E-state index in [0.29, 0.717) is 22.4 Å². The molecule has 0 saturated carbocycles. The fourth-order valence-electron chi connectivity index (χ4n) is 1.91. The number of hydrogen-bond acceptors (Lipinski definition) is 4. The van der Waals surface area contributed by atoms with Crippen LogP contribution in [0.25, 0.3) is 5.88 Å². The van der Waals surface area contributed by atoms with Crippen LogP contribution in [0.2, 0.25) is 5.02 Å². The summed E-state index contributed by atoms with van der Waals surface area (Å²) in [5.41, 5.74) is -0.266. The van der Waals surface area contributed by atoms with E-state index in [4.69, 9.17) is 21.1 Å². The van der Waals surface area contributed by atoms with Crippen molar-refractivity contribution in [2.75, 3.05) is 0 Å². The Kier molecular flexibility index (Phi) is 5.31. The van der Waals surface area contributed by atoms with Crippen LogP contribution in [0.15, 0.2) is 42.7 Å². The van der Waals surface area contributed by atoms with E-state index in [-0.39, 0.29) is 11.5 Å². The van der Waals surface area contributed by atoms with Gasteiger partial charge in [0, 0.05) is 10.4 Å². The Hall–Kier alpha value is -2.01. The Bertz CT molecular complexity index is 656. The van der Waals surface area contributed by atoms with Gasteiger partial charge >= 0.3 is 0 Å². The molecule has 0 fully saturated rings. The van der Waals surface area contributed by atoms with Crippen molar-refractivity contribution in [3.05, 3.63) is 47.7 Å². The molecule has 1 aromatic carbocycles. The molecule has 0 aliphatic rings. The summed E-state index contributed by atoms with van der Waals surface area (Å²) >= 11 is 5.93. The number of halogens is 1. The number of hydrogen-bond donors (Lipinski definition) is 0. The third-order valence-corrected chi connectivity index (χ3v) is 3.14. The molecule has 0 aliphatic carbocycles. The molecule has 2 rings (SSSR count). The summed E-state index contributed by atoms with van der Waals surface area (Å²) in [6.07, 6.45) is 3.05. The number of ether oxygens (including phenoxy) is 2. The Morgan fingerprint density at radius 1 is 1.17 bits per heavy atom. The van der Waals surface area contributed by atoms with E-state index in [0.717, 1.165) is 0 Å². The average Bonchev–Trinajstić information content (AvgIpc) is 2.97. The lowest BCUT2D eigenvalue weighted by atomic mass is 9.93. The van der Waals surface area contributed by atoms with Gasteiger partial charge in [-0.3, -0.25) is 0 Å². The third kappa shape index (κ3) is 4.73. The van der Waals surface area contributed by atoms with Gasteiger partial charge in [-0.2, -0.15) is 9.78 Å². The molecule has 1 aromatic heterocycles. The number of aromatic nitrogens is 3. The molecule has 124 valence electrons. The van der Waals surface area contributed by atoms with Crippen LogP contribution in [0, 0.1) is 5.41 Å². The van der Waals surface area contributed by atoms with E-state index in [9.17, 15) is 0 Å². The second-order valence-electron chi connectivity index (χ2n) is 6.45. The van der Waals surface area contributed by atoms with Crippen molar-refractivity contribution < 1.29 is 9.47 Å². The zero-order chi connectivity index (χ0) is 17.0. The van der Waals surface area contributed by atoms with Gasteiger partial charge in [-0.05, 0) is 38.1 Å². The SMILES string of the molecule is CC(C)O/C(=C(\Oc1ccc(Cl)cc1)n1cncn1)C(C)(C)C. The molecule has 0 radical (unpaired) electrons. The van der Waals surface area contributed by atoms with Crippen LogP contribution in [0.5, 0.6) is 5.75 Å². The maximum Gasteiger partial charge on any atom is 0.261 e. The minimum Gasteiger partial charge on any atom is -0.489 e. The monoisotopic (exact) mass is 335 g/mol. The molecule has 2 aromatic rings. The van der Waals surface area contributed by atoms with Crippen LogP contribution in [0.3, 0.4) is 0 Å². The van der Waals surface area contributed by atoms with Crippen LogP contribution in [0.4, 0.5) is 0 Å². The number of nitrogens with zero attached hydrogens (tertiary/aromatic N) is 3. The first-order valence-electron chi connectivity index (χ1n) is 7.47. The lowest BCUT2D eigenvalue weighted by Crippen LogP contribution is -2.22. The molecule has 23 heavy (non-hydrogen) atoms. The van der Waals surface area contributed by atoms with Crippen molar-refractivity contribution in [2.24, 2.45) is 5.41 Å². The fourth-order valence-corrected chi connectivity index (χ4v) is 2.03. The normalized spacial score (nSPS) is 13.0. The number of allylic oxidation sites excluding steroid dienone is 1. The standard InChI is InChI=1S/C17H22ClN3O2/c1-12(2)22-15(17(3,4)5)16(21-11-19-10-20-21)23-14-8-6-13(18)7-9-14/h6-12H,1-5H3/b16-15-. The summed E-state index contributed by atoms with van der Waals surface area (Å²) in [5, 5.41) is 4.84. The van der Waals surface area contributed by atoms with Gasteiger partial charge in [-0.1, -0.05) is 32.4 Å². The van der Waals surface area contributed by atoms with Crippen LogP contribution in [-0.4, -0.2) is 20.9 Å². The van der Waals surface area contributed by atoms with Crippen LogP contribution in [-0.2, 0) is 4.74 Å². The third-order valence-electron chi connectivity index (χ3n) is 2.88. The van der Waals surface area contributed by atoms with Gasteiger partial charge in [-0.25, -0.2) is 4.98 Å². The largest absolute Gasteiger partial charge is 0.489 e. The number of benzene rings is 1. The second kappa shape index (κ2) is 7.04. The van der Waals surface area contributed by atoms with E-state index in [1.807, 2.05) is 13.8 Å². The lowest BCUT2D eigenvalue weighted by Gasteiger charge is -2.27. The molecule has 0 atom stereocenters. The molecule has 0 spiro atoms. The second-order valence-corrected chi connectivity index (χ2v) is 6.88. The lowest BCUT2D eigenvalue weighted by molar-refractivity contribution is 0.0950. The predicted octanol–water partition coefficient (Wildman–Crippen LogP) is 4.61. The maximum absolute atomic E-state index is 6.06.